The Morgan fingerprint density at radius 3 is 2.89 bits per heavy atom. The van der Waals surface area contributed by atoms with E-state index >= 15 is 0 Å². The van der Waals surface area contributed by atoms with Gasteiger partial charge in [-0.3, -0.25) is 0 Å². The molecule has 104 valence electrons. The smallest absolute Gasteiger partial charge is 0.119 e. The van der Waals surface area contributed by atoms with Crippen LogP contribution in [0.2, 0.25) is 0 Å². The quantitative estimate of drug-likeness (QED) is 0.904. The Morgan fingerprint density at radius 1 is 1.32 bits per heavy atom. The summed E-state index contributed by atoms with van der Waals surface area (Å²) in [6, 6.07) is 6.44. The summed E-state index contributed by atoms with van der Waals surface area (Å²) < 4.78 is 6.06. The maximum absolute atomic E-state index is 6.06. The Bertz CT molecular complexity index is 450. The number of likely N-dealkylation sites (tertiary alicyclic amines) is 1. The second kappa shape index (κ2) is 5.04. The maximum Gasteiger partial charge on any atom is 0.119 e. The van der Waals surface area contributed by atoms with Gasteiger partial charge in [0.1, 0.15) is 5.75 Å². The second-order valence-corrected chi connectivity index (χ2v) is 6.40. The topological polar surface area (TPSA) is 24.5 Å². The number of nitrogens with zero attached hydrogens (tertiary/aromatic N) is 1. The number of hydrogen-bond acceptors (Lipinski definition) is 3. The number of anilines is 1. The number of nitrogens with one attached hydrogen (secondary N) is 1. The lowest BCUT2D eigenvalue weighted by Crippen LogP contribution is -2.39. The molecule has 0 aliphatic carbocycles. The van der Waals surface area contributed by atoms with Crippen molar-refractivity contribution in [2.45, 2.75) is 26.2 Å². The Balaban J connectivity index is 1.60. The van der Waals surface area contributed by atoms with Gasteiger partial charge in [0, 0.05) is 17.6 Å². The molecule has 3 nitrogen and oxygen atoms in total. The molecule has 1 N–H and O–H groups in total. The standard InChI is InChI=1S/C16H24N2O/c1-16(6-9-18(2)10-7-16)12-19-14-3-4-15-13(11-14)5-8-17-15/h3-4,11,17H,5-10,12H2,1-2H3. The number of benzene rings is 1. The molecule has 0 radical (unpaired) electrons. The molecule has 0 spiro atoms. The third-order valence-electron chi connectivity index (χ3n) is 4.57. The van der Waals surface area contributed by atoms with E-state index in [0.717, 1.165) is 25.3 Å². The fraction of sp³-hybridized carbons (Fsp3) is 0.625. The Morgan fingerprint density at radius 2 is 2.11 bits per heavy atom. The van der Waals surface area contributed by atoms with Crippen LogP contribution in [0.3, 0.4) is 0 Å². The van der Waals surface area contributed by atoms with Crippen molar-refractivity contribution in [2.24, 2.45) is 5.41 Å². The minimum atomic E-state index is 0.337. The summed E-state index contributed by atoms with van der Waals surface area (Å²) >= 11 is 0. The molecular weight excluding hydrogens is 236 g/mol. The maximum atomic E-state index is 6.06. The van der Waals surface area contributed by atoms with E-state index in [9.17, 15) is 0 Å². The Hall–Kier alpha value is -1.22. The second-order valence-electron chi connectivity index (χ2n) is 6.40. The van der Waals surface area contributed by atoms with E-state index in [0.29, 0.717) is 5.41 Å². The van der Waals surface area contributed by atoms with Crippen LogP contribution in [-0.2, 0) is 6.42 Å². The van der Waals surface area contributed by atoms with E-state index in [1.165, 1.54) is 37.2 Å². The van der Waals surface area contributed by atoms with Crippen molar-refractivity contribution in [3.63, 3.8) is 0 Å². The summed E-state index contributed by atoms with van der Waals surface area (Å²) in [5.74, 6) is 1.03. The van der Waals surface area contributed by atoms with Gasteiger partial charge in [0.2, 0.25) is 0 Å². The first kappa shape index (κ1) is 12.8. The molecule has 0 saturated carbocycles. The average Bonchev–Trinajstić information content (AvgIpc) is 2.88. The first-order valence-electron chi connectivity index (χ1n) is 7.33. The number of fused-ring (bicyclic) bond motifs is 1. The van der Waals surface area contributed by atoms with E-state index in [1.54, 1.807) is 0 Å². The van der Waals surface area contributed by atoms with Crippen LogP contribution in [0.4, 0.5) is 5.69 Å². The molecular formula is C16H24N2O. The lowest BCUT2D eigenvalue weighted by molar-refractivity contribution is 0.0803. The van der Waals surface area contributed by atoms with Crippen LogP contribution in [0.25, 0.3) is 0 Å². The molecule has 1 aromatic carbocycles. The third kappa shape index (κ3) is 2.86. The minimum absolute atomic E-state index is 0.337. The van der Waals surface area contributed by atoms with Gasteiger partial charge in [0.15, 0.2) is 0 Å². The molecule has 19 heavy (non-hydrogen) atoms. The first-order chi connectivity index (χ1) is 9.15. The molecule has 0 bridgehead atoms. The molecule has 1 fully saturated rings. The van der Waals surface area contributed by atoms with Gasteiger partial charge in [-0.25, -0.2) is 0 Å². The predicted molar refractivity (Wildman–Crippen MR) is 79.0 cm³/mol. The number of rotatable bonds is 3. The van der Waals surface area contributed by atoms with Gasteiger partial charge in [-0.15, -0.1) is 0 Å². The lowest BCUT2D eigenvalue weighted by atomic mass is 9.81. The molecule has 3 rings (SSSR count). The van der Waals surface area contributed by atoms with Crippen LogP contribution < -0.4 is 10.1 Å². The van der Waals surface area contributed by atoms with Crippen LogP contribution in [-0.4, -0.2) is 38.2 Å². The van der Waals surface area contributed by atoms with Gasteiger partial charge in [-0.1, -0.05) is 6.92 Å². The molecule has 0 unspecified atom stereocenters. The van der Waals surface area contributed by atoms with Gasteiger partial charge in [-0.05, 0) is 63.2 Å². The summed E-state index contributed by atoms with van der Waals surface area (Å²) in [7, 11) is 2.20. The van der Waals surface area contributed by atoms with Gasteiger partial charge < -0.3 is 15.0 Å². The van der Waals surface area contributed by atoms with Gasteiger partial charge in [0.05, 0.1) is 6.61 Å². The molecule has 0 atom stereocenters. The summed E-state index contributed by atoms with van der Waals surface area (Å²) in [4.78, 5) is 2.41. The van der Waals surface area contributed by atoms with E-state index in [4.69, 9.17) is 4.74 Å². The van der Waals surface area contributed by atoms with Crippen LogP contribution in [0.5, 0.6) is 5.75 Å². The van der Waals surface area contributed by atoms with Crippen LogP contribution >= 0.6 is 0 Å². The van der Waals surface area contributed by atoms with Crippen molar-refractivity contribution in [3.05, 3.63) is 23.8 Å². The zero-order chi connectivity index (χ0) is 13.3. The third-order valence-corrected chi connectivity index (χ3v) is 4.57. The van der Waals surface area contributed by atoms with Gasteiger partial charge >= 0.3 is 0 Å². The van der Waals surface area contributed by atoms with Crippen molar-refractivity contribution in [3.8, 4) is 5.75 Å². The molecule has 2 heterocycles. The average molecular weight is 260 g/mol. The summed E-state index contributed by atoms with van der Waals surface area (Å²) in [6.07, 6.45) is 3.58. The zero-order valence-corrected chi connectivity index (χ0v) is 12.0. The number of hydrogen-bond donors (Lipinski definition) is 1. The van der Waals surface area contributed by atoms with E-state index in [1.807, 2.05) is 0 Å². The van der Waals surface area contributed by atoms with Crippen LogP contribution in [0, 0.1) is 5.41 Å². The highest BCUT2D eigenvalue weighted by Gasteiger charge is 2.29. The van der Waals surface area contributed by atoms with Gasteiger partial charge in [0.25, 0.3) is 0 Å². The van der Waals surface area contributed by atoms with Crippen molar-refractivity contribution in [1.29, 1.82) is 0 Å². The minimum Gasteiger partial charge on any atom is -0.493 e. The van der Waals surface area contributed by atoms with E-state index in [2.05, 4.69) is 42.4 Å². The molecule has 0 aromatic heterocycles. The largest absolute Gasteiger partial charge is 0.493 e. The van der Waals surface area contributed by atoms with E-state index in [-0.39, 0.29) is 0 Å². The predicted octanol–water partition coefficient (Wildman–Crippen LogP) is 2.77. The summed E-state index contributed by atoms with van der Waals surface area (Å²) in [5.41, 5.74) is 3.01. The Labute approximate surface area is 115 Å². The zero-order valence-electron chi connectivity index (χ0n) is 12.0. The molecule has 3 heteroatoms. The fourth-order valence-corrected chi connectivity index (χ4v) is 2.93. The number of piperidine rings is 1. The molecule has 0 amide bonds. The van der Waals surface area contributed by atoms with E-state index < -0.39 is 0 Å². The Kier molecular flexibility index (Phi) is 3.40. The van der Waals surface area contributed by atoms with Crippen molar-refractivity contribution < 1.29 is 4.74 Å². The molecule has 1 saturated heterocycles. The number of ether oxygens (including phenoxy) is 1. The fourth-order valence-electron chi connectivity index (χ4n) is 2.93. The highest BCUT2D eigenvalue weighted by atomic mass is 16.5. The monoisotopic (exact) mass is 260 g/mol. The van der Waals surface area contributed by atoms with Crippen molar-refractivity contribution >= 4 is 5.69 Å². The SMILES string of the molecule is CN1CCC(C)(COc2ccc3c(c2)CCN3)CC1. The molecule has 1 aromatic rings. The van der Waals surface area contributed by atoms with Crippen LogP contribution in [0.15, 0.2) is 18.2 Å². The van der Waals surface area contributed by atoms with Crippen LogP contribution in [0.1, 0.15) is 25.3 Å². The molecule has 2 aliphatic heterocycles. The normalized spacial score (nSPS) is 21.8. The summed E-state index contributed by atoms with van der Waals surface area (Å²) in [5, 5.41) is 3.38. The lowest BCUT2D eigenvalue weighted by Gasteiger charge is -2.37. The van der Waals surface area contributed by atoms with Gasteiger partial charge in [-0.2, -0.15) is 0 Å². The molecule has 2 aliphatic rings. The first-order valence-corrected chi connectivity index (χ1v) is 7.33. The van der Waals surface area contributed by atoms with Crippen molar-refractivity contribution in [2.75, 3.05) is 38.6 Å². The van der Waals surface area contributed by atoms with Crippen molar-refractivity contribution in [1.82, 2.24) is 4.90 Å². The highest BCUT2D eigenvalue weighted by molar-refractivity contribution is 5.57. The summed E-state index contributed by atoms with van der Waals surface area (Å²) in [6.45, 7) is 6.63. The highest BCUT2D eigenvalue weighted by Crippen LogP contribution is 2.32.